The lowest BCUT2D eigenvalue weighted by molar-refractivity contribution is -0.132. The normalized spacial score (nSPS) is 16.1. The fourth-order valence-corrected chi connectivity index (χ4v) is 1.32. The zero-order valence-electron chi connectivity index (χ0n) is 7.72. The van der Waals surface area contributed by atoms with Crippen molar-refractivity contribution in [3.63, 3.8) is 0 Å². The maximum Gasteiger partial charge on any atom is 0.246 e. The van der Waals surface area contributed by atoms with Crippen molar-refractivity contribution in [2.24, 2.45) is 0 Å². The molecule has 1 amide bonds. The van der Waals surface area contributed by atoms with E-state index >= 15 is 0 Å². The Bertz CT molecular complexity index is 330. The van der Waals surface area contributed by atoms with Crippen LogP contribution in [0.15, 0.2) is 12.4 Å². The molecule has 0 aromatic carbocycles. The van der Waals surface area contributed by atoms with E-state index in [4.69, 9.17) is 10.5 Å². The van der Waals surface area contributed by atoms with Gasteiger partial charge in [0.15, 0.2) is 0 Å². The van der Waals surface area contributed by atoms with Crippen LogP contribution in [0.3, 0.4) is 0 Å². The summed E-state index contributed by atoms with van der Waals surface area (Å²) in [5, 5.41) is 3.93. The molecule has 1 aromatic heterocycles. The molecule has 0 unspecified atom stereocenters. The number of hydrogen-bond donors (Lipinski definition) is 1. The Morgan fingerprint density at radius 3 is 3.14 bits per heavy atom. The molecule has 6 heteroatoms. The molecule has 14 heavy (non-hydrogen) atoms. The third-order valence-corrected chi connectivity index (χ3v) is 2.06. The van der Waals surface area contributed by atoms with E-state index in [-0.39, 0.29) is 12.5 Å². The summed E-state index contributed by atoms with van der Waals surface area (Å²) in [7, 11) is 0. The predicted molar refractivity (Wildman–Crippen MR) is 49.2 cm³/mol. The van der Waals surface area contributed by atoms with Crippen molar-refractivity contribution in [2.75, 3.05) is 25.6 Å². The van der Waals surface area contributed by atoms with E-state index in [2.05, 4.69) is 5.10 Å². The quantitative estimate of drug-likeness (QED) is 0.677. The van der Waals surface area contributed by atoms with Gasteiger partial charge in [-0.1, -0.05) is 0 Å². The average Bonchev–Trinajstić information content (AvgIpc) is 2.75. The first-order valence-electron chi connectivity index (χ1n) is 4.39. The van der Waals surface area contributed by atoms with Gasteiger partial charge in [-0.2, -0.15) is 5.10 Å². The summed E-state index contributed by atoms with van der Waals surface area (Å²) in [6.07, 6.45) is 3.16. The van der Waals surface area contributed by atoms with Gasteiger partial charge >= 0.3 is 0 Å². The van der Waals surface area contributed by atoms with Gasteiger partial charge in [0, 0.05) is 12.7 Å². The number of amides is 1. The van der Waals surface area contributed by atoms with Crippen molar-refractivity contribution in [1.29, 1.82) is 0 Å². The van der Waals surface area contributed by atoms with E-state index in [1.807, 2.05) is 0 Å². The Morgan fingerprint density at radius 1 is 1.71 bits per heavy atom. The number of nitrogens with zero attached hydrogens (tertiary/aromatic N) is 3. The number of nitrogens with two attached hydrogens (primary N) is 1. The summed E-state index contributed by atoms with van der Waals surface area (Å²) in [4.78, 5) is 13.2. The molecule has 2 heterocycles. The van der Waals surface area contributed by atoms with E-state index < -0.39 is 0 Å². The Kier molecular flexibility index (Phi) is 2.36. The molecule has 0 radical (unpaired) electrons. The lowest BCUT2D eigenvalue weighted by Gasteiger charge is -2.12. The van der Waals surface area contributed by atoms with Gasteiger partial charge in [-0.3, -0.25) is 9.48 Å². The first-order valence-corrected chi connectivity index (χ1v) is 4.39. The van der Waals surface area contributed by atoms with Gasteiger partial charge in [0.2, 0.25) is 5.91 Å². The van der Waals surface area contributed by atoms with Crippen LogP contribution in [0.5, 0.6) is 0 Å². The maximum atomic E-state index is 11.6. The van der Waals surface area contributed by atoms with E-state index in [1.165, 1.54) is 10.9 Å². The minimum Gasteiger partial charge on any atom is -0.396 e. The summed E-state index contributed by atoms with van der Waals surface area (Å²) in [5.41, 5.74) is 6.04. The van der Waals surface area contributed by atoms with Gasteiger partial charge in [-0.15, -0.1) is 0 Å². The molecule has 76 valence electrons. The van der Waals surface area contributed by atoms with E-state index in [1.54, 1.807) is 11.1 Å². The molecule has 0 atom stereocenters. The van der Waals surface area contributed by atoms with Gasteiger partial charge < -0.3 is 15.4 Å². The van der Waals surface area contributed by atoms with Gasteiger partial charge in [-0.25, -0.2) is 0 Å². The van der Waals surface area contributed by atoms with Crippen LogP contribution in [-0.4, -0.2) is 40.5 Å². The van der Waals surface area contributed by atoms with Crippen LogP contribution in [0.4, 0.5) is 5.69 Å². The van der Waals surface area contributed by atoms with Crippen LogP contribution < -0.4 is 5.73 Å². The number of carbonyl (C=O) groups is 1. The topological polar surface area (TPSA) is 73.4 Å². The van der Waals surface area contributed by atoms with Gasteiger partial charge in [-0.05, 0) is 0 Å². The first-order chi connectivity index (χ1) is 6.75. The third-order valence-electron chi connectivity index (χ3n) is 2.06. The number of aromatic nitrogens is 2. The highest BCUT2D eigenvalue weighted by Gasteiger charge is 2.18. The zero-order chi connectivity index (χ0) is 9.97. The molecule has 2 N–H and O–H groups in total. The lowest BCUT2D eigenvalue weighted by atomic mass is 10.5. The number of anilines is 1. The van der Waals surface area contributed by atoms with Crippen molar-refractivity contribution in [3.8, 4) is 0 Å². The summed E-state index contributed by atoms with van der Waals surface area (Å²) in [6.45, 7) is 1.89. The molecule has 6 nitrogen and oxygen atoms in total. The van der Waals surface area contributed by atoms with E-state index in [0.29, 0.717) is 25.6 Å². The Balaban J connectivity index is 1.93. The highest BCUT2D eigenvalue weighted by Crippen LogP contribution is 2.02. The highest BCUT2D eigenvalue weighted by atomic mass is 16.5. The van der Waals surface area contributed by atoms with Crippen molar-refractivity contribution in [2.45, 2.75) is 6.54 Å². The van der Waals surface area contributed by atoms with Crippen LogP contribution in [0, 0.1) is 0 Å². The molecule has 0 aliphatic carbocycles. The standard InChI is InChI=1S/C8H12N4O2/c9-7-3-10-12(4-7)5-8(13)11-1-2-14-6-11/h3-4H,1-2,5-6,9H2. The molecule has 1 fully saturated rings. The van der Waals surface area contributed by atoms with E-state index in [9.17, 15) is 4.79 Å². The maximum absolute atomic E-state index is 11.6. The Hall–Kier alpha value is -1.56. The van der Waals surface area contributed by atoms with Crippen LogP contribution in [0.1, 0.15) is 0 Å². The second kappa shape index (κ2) is 3.67. The van der Waals surface area contributed by atoms with Crippen LogP contribution in [0.25, 0.3) is 0 Å². The summed E-state index contributed by atoms with van der Waals surface area (Å²) >= 11 is 0. The molecule has 0 spiro atoms. The molecule has 1 aromatic rings. The number of hydrogen-bond acceptors (Lipinski definition) is 4. The first kappa shape index (κ1) is 9.01. The fraction of sp³-hybridized carbons (Fsp3) is 0.500. The zero-order valence-corrected chi connectivity index (χ0v) is 7.72. The third kappa shape index (κ3) is 1.85. The number of nitrogen functional groups attached to an aromatic ring is 1. The summed E-state index contributed by atoms with van der Waals surface area (Å²) < 4.78 is 6.60. The largest absolute Gasteiger partial charge is 0.396 e. The lowest BCUT2D eigenvalue weighted by Crippen LogP contribution is -2.31. The number of ether oxygens (including phenoxy) is 1. The predicted octanol–water partition coefficient (Wildman–Crippen LogP) is -0.718. The fourth-order valence-electron chi connectivity index (χ4n) is 1.32. The molecule has 2 rings (SSSR count). The van der Waals surface area contributed by atoms with E-state index in [0.717, 1.165) is 0 Å². The van der Waals surface area contributed by atoms with Crippen LogP contribution in [0.2, 0.25) is 0 Å². The van der Waals surface area contributed by atoms with Crippen LogP contribution in [-0.2, 0) is 16.1 Å². The Labute approximate surface area is 81.2 Å². The summed E-state index contributed by atoms with van der Waals surface area (Å²) in [6, 6.07) is 0. The molecular formula is C8H12N4O2. The molecule has 0 saturated carbocycles. The Morgan fingerprint density at radius 2 is 2.57 bits per heavy atom. The smallest absolute Gasteiger partial charge is 0.246 e. The highest BCUT2D eigenvalue weighted by molar-refractivity contribution is 5.76. The number of rotatable bonds is 2. The minimum absolute atomic E-state index is 0.00519. The molecule has 1 saturated heterocycles. The molecule has 0 bridgehead atoms. The van der Waals surface area contributed by atoms with Crippen molar-refractivity contribution >= 4 is 11.6 Å². The van der Waals surface area contributed by atoms with Gasteiger partial charge in [0.1, 0.15) is 13.3 Å². The second-order valence-corrected chi connectivity index (χ2v) is 3.17. The van der Waals surface area contributed by atoms with Crippen LogP contribution >= 0.6 is 0 Å². The molecule has 1 aliphatic rings. The SMILES string of the molecule is Nc1cnn(CC(=O)N2CCOC2)c1. The second-order valence-electron chi connectivity index (χ2n) is 3.17. The molecular weight excluding hydrogens is 184 g/mol. The van der Waals surface area contributed by atoms with Crippen molar-refractivity contribution in [1.82, 2.24) is 14.7 Å². The van der Waals surface area contributed by atoms with Gasteiger partial charge in [0.25, 0.3) is 0 Å². The van der Waals surface area contributed by atoms with Gasteiger partial charge in [0.05, 0.1) is 18.5 Å². The monoisotopic (exact) mass is 196 g/mol. The minimum atomic E-state index is 0.00519. The average molecular weight is 196 g/mol. The summed E-state index contributed by atoms with van der Waals surface area (Å²) in [5.74, 6) is 0.00519. The van der Waals surface area contributed by atoms with Crippen molar-refractivity contribution < 1.29 is 9.53 Å². The number of carbonyl (C=O) groups excluding carboxylic acids is 1. The molecule has 1 aliphatic heterocycles. The van der Waals surface area contributed by atoms with Crippen molar-refractivity contribution in [3.05, 3.63) is 12.4 Å².